The number of aromatic nitrogens is 2. The molecule has 0 bridgehead atoms. The van der Waals surface area contributed by atoms with E-state index in [2.05, 4.69) is 20.4 Å². The van der Waals surface area contributed by atoms with Crippen molar-refractivity contribution in [3.05, 3.63) is 40.8 Å². The number of hydrogen-bond acceptors (Lipinski definition) is 6. The lowest BCUT2D eigenvalue weighted by atomic mass is 10.1. The lowest BCUT2D eigenvalue weighted by molar-refractivity contribution is 0.0702. The first-order chi connectivity index (χ1) is 12.6. The Morgan fingerprint density at radius 1 is 1.23 bits per heavy atom. The summed E-state index contributed by atoms with van der Waals surface area (Å²) in [7, 11) is 0. The molecule has 1 aliphatic rings. The molecule has 8 nitrogen and oxygen atoms in total. The molecule has 1 amide bonds. The summed E-state index contributed by atoms with van der Waals surface area (Å²) in [5, 5.41) is 19.2. The topological polar surface area (TPSA) is 108 Å². The first kappa shape index (κ1) is 16.6. The Morgan fingerprint density at radius 2 is 1.96 bits per heavy atom. The lowest BCUT2D eigenvalue weighted by Gasteiger charge is -2.28. The summed E-state index contributed by atoms with van der Waals surface area (Å²) < 4.78 is 5.34. The maximum absolute atomic E-state index is 12.5. The Bertz CT molecular complexity index is 957. The van der Waals surface area contributed by atoms with E-state index < -0.39 is 5.97 Å². The van der Waals surface area contributed by atoms with E-state index in [1.54, 1.807) is 12.1 Å². The van der Waals surface area contributed by atoms with Crippen molar-refractivity contribution in [2.75, 3.05) is 36.5 Å². The van der Waals surface area contributed by atoms with Gasteiger partial charge < -0.3 is 20.1 Å². The van der Waals surface area contributed by atoms with Gasteiger partial charge >= 0.3 is 5.97 Å². The zero-order valence-electron chi connectivity index (χ0n) is 13.7. The molecule has 3 aromatic rings. The van der Waals surface area contributed by atoms with Gasteiger partial charge in [0.2, 0.25) is 0 Å². The van der Waals surface area contributed by atoms with Gasteiger partial charge in [-0.1, -0.05) is 0 Å². The quantitative estimate of drug-likeness (QED) is 0.649. The average Bonchev–Trinajstić information content (AvgIpc) is 3.25. The minimum atomic E-state index is -1.01. The van der Waals surface area contributed by atoms with Gasteiger partial charge in [-0.3, -0.25) is 9.89 Å². The maximum atomic E-state index is 12.5. The molecule has 0 unspecified atom stereocenters. The van der Waals surface area contributed by atoms with Crippen LogP contribution >= 0.6 is 11.3 Å². The number of aromatic carboxylic acids is 1. The molecule has 1 aromatic carbocycles. The molecule has 9 heteroatoms. The summed E-state index contributed by atoms with van der Waals surface area (Å²) >= 11 is 1.06. The summed E-state index contributed by atoms with van der Waals surface area (Å²) in [4.78, 5) is 26.5. The Kier molecular flexibility index (Phi) is 4.31. The van der Waals surface area contributed by atoms with Crippen LogP contribution < -0.4 is 10.2 Å². The number of nitrogens with zero attached hydrogens (tertiary/aromatic N) is 2. The third-order valence-electron chi connectivity index (χ3n) is 4.21. The number of carbonyl (C=O) groups excluding carboxylic acids is 1. The largest absolute Gasteiger partial charge is 0.477 e. The molecule has 1 aliphatic heterocycles. The molecule has 26 heavy (non-hydrogen) atoms. The fourth-order valence-corrected chi connectivity index (χ4v) is 3.68. The molecule has 4 rings (SSSR count). The van der Waals surface area contributed by atoms with E-state index in [0.29, 0.717) is 34.8 Å². The van der Waals surface area contributed by atoms with Crippen molar-refractivity contribution in [2.45, 2.75) is 0 Å². The lowest BCUT2D eigenvalue weighted by Crippen LogP contribution is -2.36. The number of carboxylic acid groups (broad SMARTS) is 1. The second kappa shape index (κ2) is 6.77. The number of anilines is 2. The third kappa shape index (κ3) is 3.14. The number of carbonyl (C=O) groups is 2. The van der Waals surface area contributed by atoms with Crippen molar-refractivity contribution in [3.63, 3.8) is 0 Å². The molecule has 134 valence electrons. The highest BCUT2D eigenvalue weighted by Gasteiger charge is 2.17. The minimum absolute atomic E-state index is 0.182. The van der Waals surface area contributed by atoms with E-state index in [0.717, 1.165) is 30.1 Å². The van der Waals surface area contributed by atoms with E-state index in [1.165, 1.54) is 6.07 Å². The van der Waals surface area contributed by atoms with Crippen LogP contribution in [0.25, 0.3) is 10.2 Å². The van der Waals surface area contributed by atoms with Crippen molar-refractivity contribution < 1.29 is 19.4 Å². The van der Waals surface area contributed by atoms with E-state index in [-0.39, 0.29) is 10.8 Å². The standard InChI is InChI=1S/C17H16N4O4S/c22-15(10-1-3-11(4-2-10)21-5-7-25-8-6-21)18-14-12-9-13(17(23)24)26-16(12)20-19-14/h1-4,9H,5-8H2,(H,23,24)(H2,18,19,20,22). The molecule has 0 saturated carbocycles. The molecular weight excluding hydrogens is 356 g/mol. The van der Waals surface area contributed by atoms with Gasteiger partial charge in [-0.25, -0.2) is 4.79 Å². The van der Waals surface area contributed by atoms with Gasteiger partial charge in [-0.15, -0.1) is 11.3 Å². The van der Waals surface area contributed by atoms with Crippen molar-refractivity contribution in [1.82, 2.24) is 10.2 Å². The van der Waals surface area contributed by atoms with E-state index in [9.17, 15) is 9.59 Å². The summed E-state index contributed by atoms with van der Waals surface area (Å²) in [6.07, 6.45) is 0. The highest BCUT2D eigenvalue weighted by molar-refractivity contribution is 7.20. The molecule has 2 aromatic heterocycles. The molecular formula is C17H16N4O4S. The average molecular weight is 372 g/mol. The van der Waals surface area contributed by atoms with Crippen LogP contribution in [0, 0.1) is 0 Å². The molecule has 3 heterocycles. The number of benzene rings is 1. The number of nitrogens with one attached hydrogen (secondary N) is 2. The Morgan fingerprint density at radius 3 is 2.65 bits per heavy atom. The van der Waals surface area contributed by atoms with E-state index in [4.69, 9.17) is 9.84 Å². The van der Waals surface area contributed by atoms with Crippen LogP contribution in [-0.2, 0) is 4.74 Å². The summed E-state index contributed by atoms with van der Waals surface area (Å²) in [5.74, 6) is -0.901. The van der Waals surface area contributed by atoms with E-state index >= 15 is 0 Å². The second-order valence-electron chi connectivity index (χ2n) is 5.83. The predicted molar refractivity (Wildman–Crippen MR) is 98.4 cm³/mol. The van der Waals surface area contributed by atoms with Crippen LogP contribution in [0.1, 0.15) is 20.0 Å². The normalized spacial score (nSPS) is 14.5. The zero-order valence-corrected chi connectivity index (χ0v) is 14.5. The second-order valence-corrected chi connectivity index (χ2v) is 6.86. The van der Waals surface area contributed by atoms with Crippen LogP contribution in [0.2, 0.25) is 0 Å². The molecule has 0 aliphatic carbocycles. The fraction of sp³-hybridized carbons (Fsp3) is 0.235. The summed E-state index contributed by atoms with van der Waals surface area (Å²) in [6, 6.07) is 8.86. The van der Waals surface area contributed by atoms with Gasteiger partial charge in [0.05, 0.1) is 18.6 Å². The molecule has 0 radical (unpaired) electrons. The highest BCUT2D eigenvalue weighted by atomic mass is 32.1. The number of amides is 1. The Hall–Kier alpha value is -2.91. The molecule has 1 fully saturated rings. The number of aromatic amines is 1. The van der Waals surface area contributed by atoms with Crippen molar-refractivity contribution >= 4 is 44.9 Å². The SMILES string of the molecule is O=C(Nc1[nH]nc2sc(C(=O)O)cc12)c1ccc(N2CCOCC2)cc1. The summed E-state index contributed by atoms with van der Waals surface area (Å²) in [5.41, 5.74) is 1.57. The van der Waals surface area contributed by atoms with Crippen LogP contribution in [0.3, 0.4) is 0 Å². The predicted octanol–water partition coefficient (Wildman–Crippen LogP) is 2.41. The first-order valence-corrected chi connectivity index (χ1v) is 8.89. The Labute approximate surface area is 152 Å². The van der Waals surface area contributed by atoms with Gasteiger partial charge in [-0.2, -0.15) is 5.10 Å². The molecule has 0 spiro atoms. The van der Waals surface area contributed by atoms with Gasteiger partial charge in [0.15, 0.2) is 0 Å². The number of morpholine rings is 1. The number of thiophene rings is 1. The van der Waals surface area contributed by atoms with Crippen LogP contribution in [-0.4, -0.2) is 53.5 Å². The third-order valence-corrected chi connectivity index (χ3v) is 5.22. The minimum Gasteiger partial charge on any atom is -0.477 e. The number of fused-ring (bicyclic) bond motifs is 1. The van der Waals surface area contributed by atoms with Crippen molar-refractivity contribution in [2.24, 2.45) is 0 Å². The number of H-pyrrole nitrogens is 1. The first-order valence-electron chi connectivity index (χ1n) is 8.07. The van der Waals surface area contributed by atoms with Crippen LogP contribution in [0.15, 0.2) is 30.3 Å². The van der Waals surface area contributed by atoms with Gasteiger partial charge in [0.1, 0.15) is 15.5 Å². The molecule has 3 N–H and O–H groups in total. The summed E-state index contributed by atoms with van der Waals surface area (Å²) in [6.45, 7) is 3.08. The number of ether oxygens (including phenoxy) is 1. The van der Waals surface area contributed by atoms with Gasteiger partial charge in [-0.05, 0) is 30.3 Å². The maximum Gasteiger partial charge on any atom is 0.345 e. The fourth-order valence-electron chi connectivity index (χ4n) is 2.84. The number of carboxylic acids is 1. The van der Waals surface area contributed by atoms with Gasteiger partial charge in [0, 0.05) is 24.3 Å². The van der Waals surface area contributed by atoms with Crippen molar-refractivity contribution in [1.29, 1.82) is 0 Å². The Balaban J connectivity index is 1.50. The smallest absolute Gasteiger partial charge is 0.345 e. The highest BCUT2D eigenvalue weighted by Crippen LogP contribution is 2.29. The van der Waals surface area contributed by atoms with Gasteiger partial charge in [0.25, 0.3) is 5.91 Å². The number of hydrogen-bond donors (Lipinski definition) is 3. The van der Waals surface area contributed by atoms with Crippen LogP contribution in [0.5, 0.6) is 0 Å². The van der Waals surface area contributed by atoms with E-state index in [1.807, 2.05) is 12.1 Å². The number of rotatable bonds is 4. The molecule has 0 atom stereocenters. The van der Waals surface area contributed by atoms with Crippen molar-refractivity contribution in [3.8, 4) is 0 Å². The monoisotopic (exact) mass is 372 g/mol. The van der Waals surface area contributed by atoms with Crippen LogP contribution in [0.4, 0.5) is 11.5 Å². The molecule has 1 saturated heterocycles. The zero-order chi connectivity index (χ0) is 18.1.